The molecule has 0 aliphatic rings. The number of nitrogens with one attached hydrogen (secondary N) is 2. The number of hydrogen-bond acceptors (Lipinski definition) is 3. The van der Waals surface area contributed by atoms with Gasteiger partial charge in [-0.1, -0.05) is 38.8 Å². The molecule has 0 aromatic heterocycles. The molecule has 5 nitrogen and oxygen atoms in total. The van der Waals surface area contributed by atoms with Crippen LogP contribution in [0.4, 0.5) is 0 Å². The molecule has 0 fully saturated rings. The normalized spacial score (nSPS) is 12.5. The van der Waals surface area contributed by atoms with Gasteiger partial charge in [-0.15, -0.1) is 6.42 Å². The van der Waals surface area contributed by atoms with Crippen LogP contribution in [0.25, 0.3) is 0 Å². The molecule has 0 amide bonds. The number of aliphatic imine (C=N–C) groups is 1. The number of nitrogens with zero attached hydrogens (tertiary/aromatic N) is 1. The van der Waals surface area contributed by atoms with Crippen LogP contribution >= 0.6 is 0 Å². The van der Waals surface area contributed by atoms with Gasteiger partial charge in [0.15, 0.2) is 15.8 Å². The smallest absolute Gasteiger partial charge is 0.192 e. The van der Waals surface area contributed by atoms with E-state index in [1.807, 2.05) is 19.1 Å². The van der Waals surface area contributed by atoms with Crippen molar-refractivity contribution in [1.82, 2.24) is 10.6 Å². The van der Waals surface area contributed by atoms with Gasteiger partial charge in [0, 0.05) is 6.54 Å². The number of benzene rings is 1. The molecule has 1 rings (SSSR count). The topological polar surface area (TPSA) is 70.6 Å². The summed E-state index contributed by atoms with van der Waals surface area (Å²) < 4.78 is 24.8. The molecule has 0 aliphatic carbocycles. The first-order valence-corrected chi connectivity index (χ1v) is 9.65. The third-order valence-electron chi connectivity index (χ3n) is 3.41. The molecule has 0 bridgehead atoms. The van der Waals surface area contributed by atoms with Crippen molar-refractivity contribution in [3.8, 4) is 12.3 Å². The van der Waals surface area contributed by atoms with E-state index in [1.54, 1.807) is 12.1 Å². The summed E-state index contributed by atoms with van der Waals surface area (Å²) >= 11 is 0. The van der Waals surface area contributed by atoms with Crippen LogP contribution in [0.2, 0.25) is 0 Å². The molecule has 0 radical (unpaired) electrons. The summed E-state index contributed by atoms with van der Waals surface area (Å²) in [6.45, 7) is 9.40. The average Bonchev–Trinajstić information content (AvgIpc) is 2.51. The molecule has 6 heteroatoms. The minimum atomic E-state index is -3.36. The number of terminal acetylenes is 1. The molecule has 24 heavy (non-hydrogen) atoms. The van der Waals surface area contributed by atoms with E-state index in [4.69, 9.17) is 6.42 Å². The third kappa shape index (κ3) is 6.25. The highest BCUT2D eigenvalue weighted by Crippen LogP contribution is 2.23. The lowest BCUT2D eigenvalue weighted by Gasteiger charge is -2.19. The predicted molar refractivity (Wildman–Crippen MR) is 100 cm³/mol. The largest absolute Gasteiger partial charge is 0.357 e. The second kappa shape index (κ2) is 8.74. The minimum Gasteiger partial charge on any atom is -0.357 e. The Balaban J connectivity index is 2.77. The number of sulfone groups is 1. The van der Waals surface area contributed by atoms with Crippen LogP contribution < -0.4 is 10.6 Å². The van der Waals surface area contributed by atoms with Gasteiger partial charge in [0.25, 0.3) is 0 Å². The fourth-order valence-corrected chi connectivity index (χ4v) is 3.15. The van der Waals surface area contributed by atoms with E-state index in [0.29, 0.717) is 23.9 Å². The summed E-state index contributed by atoms with van der Waals surface area (Å²) in [5, 5.41) is 5.94. The van der Waals surface area contributed by atoms with E-state index >= 15 is 0 Å². The third-order valence-corrected chi connectivity index (χ3v) is 5.12. The van der Waals surface area contributed by atoms with Crippen molar-refractivity contribution in [2.24, 2.45) is 4.99 Å². The Morgan fingerprint density at radius 3 is 2.33 bits per heavy atom. The predicted octanol–water partition coefficient (Wildman–Crippen LogP) is 1.95. The fraction of sp³-hybridized carbons (Fsp3) is 0.500. The van der Waals surface area contributed by atoms with Crippen LogP contribution in [0.3, 0.4) is 0 Å². The van der Waals surface area contributed by atoms with Gasteiger partial charge in [0.1, 0.15) is 0 Å². The summed E-state index contributed by atoms with van der Waals surface area (Å²) in [6.07, 6.45) is 5.20. The van der Waals surface area contributed by atoms with Crippen molar-refractivity contribution in [2.45, 2.75) is 38.0 Å². The van der Waals surface area contributed by atoms with Crippen LogP contribution in [0.5, 0.6) is 0 Å². The van der Waals surface area contributed by atoms with E-state index in [9.17, 15) is 8.42 Å². The number of rotatable bonds is 6. The molecule has 0 saturated carbocycles. The van der Waals surface area contributed by atoms with E-state index in [0.717, 1.165) is 5.56 Å². The maximum atomic E-state index is 12.4. The second-order valence-corrected chi connectivity index (χ2v) is 8.52. The van der Waals surface area contributed by atoms with Crippen molar-refractivity contribution in [3.05, 3.63) is 29.8 Å². The van der Waals surface area contributed by atoms with Crippen molar-refractivity contribution in [3.63, 3.8) is 0 Å². The van der Waals surface area contributed by atoms with Crippen molar-refractivity contribution in [1.29, 1.82) is 0 Å². The average molecular weight is 350 g/mol. The van der Waals surface area contributed by atoms with Gasteiger partial charge < -0.3 is 10.6 Å². The molecule has 0 spiro atoms. The molecule has 0 heterocycles. The van der Waals surface area contributed by atoms with Gasteiger partial charge in [0.2, 0.25) is 0 Å². The first kappa shape index (κ1) is 20.0. The van der Waals surface area contributed by atoms with Gasteiger partial charge in [-0.3, -0.25) is 4.99 Å². The van der Waals surface area contributed by atoms with Gasteiger partial charge in [-0.05, 0) is 30.0 Å². The van der Waals surface area contributed by atoms with Crippen LogP contribution in [-0.2, 0) is 15.3 Å². The lowest BCUT2D eigenvalue weighted by molar-refractivity contribution is 0.586. The highest BCUT2D eigenvalue weighted by atomic mass is 32.2. The van der Waals surface area contributed by atoms with Crippen LogP contribution in [0.15, 0.2) is 34.2 Å². The summed E-state index contributed by atoms with van der Waals surface area (Å²) in [5.41, 5.74) is 1.10. The summed E-state index contributed by atoms with van der Waals surface area (Å²) in [7, 11) is -3.36. The fourth-order valence-electron chi connectivity index (χ4n) is 2.03. The Bertz CT molecular complexity index is 693. The lowest BCUT2D eigenvalue weighted by Crippen LogP contribution is -2.37. The number of guanidine groups is 1. The maximum absolute atomic E-state index is 12.4. The van der Waals surface area contributed by atoms with Gasteiger partial charge >= 0.3 is 0 Å². The lowest BCUT2D eigenvalue weighted by atomic mass is 9.87. The minimum absolute atomic E-state index is 0.00396. The molecule has 0 saturated heterocycles. The van der Waals surface area contributed by atoms with Gasteiger partial charge in [-0.25, -0.2) is 8.42 Å². The zero-order chi connectivity index (χ0) is 18.2. The SMILES string of the molecule is C#CCNC(=NCCS(=O)(=O)c1ccc(C(C)(C)C)cc1)NCC. The Kier molecular flexibility index (Phi) is 7.30. The Hall–Kier alpha value is -2.00. The highest BCUT2D eigenvalue weighted by Gasteiger charge is 2.17. The van der Waals surface area contributed by atoms with Crippen molar-refractivity contribution in [2.75, 3.05) is 25.4 Å². The highest BCUT2D eigenvalue weighted by molar-refractivity contribution is 7.91. The van der Waals surface area contributed by atoms with E-state index in [-0.39, 0.29) is 17.7 Å². The summed E-state index contributed by atoms with van der Waals surface area (Å²) in [5.74, 6) is 2.93. The monoisotopic (exact) mass is 349 g/mol. The molecular weight excluding hydrogens is 322 g/mol. The van der Waals surface area contributed by atoms with Crippen molar-refractivity contribution >= 4 is 15.8 Å². The van der Waals surface area contributed by atoms with Gasteiger partial charge in [0.05, 0.1) is 23.7 Å². The first-order chi connectivity index (χ1) is 11.2. The van der Waals surface area contributed by atoms with Crippen LogP contribution in [0, 0.1) is 12.3 Å². The zero-order valence-corrected chi connectivity index (χ0v) is 15.7. The van der Waals surface area contributed by atoms with Crippen LogP contribution in [-0.4, -0.2) is 39.8 Å². The molecule has 0 atom stereocenters. The van der Waals surface area contributed by atoms with E-state index in [1.165, 1.54) is 0 Å². The Morgan fingerprint density at radius 2 is 1.83 bits per heavy atom. The molecule has 0 unspecified atom stereocenters. The summed E-state index contributed by atoms with van der Waals surface area (Å²) in [4.78, 5) is 4.56. The molecule has 1 aromatic rings. The Morgan fingerprint density at radius 1 is 1.21 bits per heavy atom. The zero-order valence-electron chi connectivity index (χ0n) is 14.9. The quantitative estimate of drug-likeness (QED) is 0.468. The van der Waals surface area contributed by atoms with E-state index < -0.39 is 9.84 Å². The molecular formula is C18H27N3O2S. The first-order valence-electron chi connectivity index (χ1n) is 7.99. The van der Waals surface area contributed by atoms with Crippen LogP contribution in [0.1, 0.15) is 33.3 Å². The Labute approximate surface area is 145 Å². The standard InChI is InChI=1S/C18H27N3O2S/c1-6-12-20-17(19-7-2)21-13-14-24(22,23)16-10-8-15(9-11-16)18(3,4)5/h1,8-11H,7,12-14H2,2-5H3,(H2,19,20,21). The molecule has 1 aromatic carbocycles. The van der Waals surface area contributed by atoms with Crippen molar-refractivity contribution < 1.29 is 8.42 Å². The summed E-state index contributed by atoms with van der Waals surface area (Å²) in [6, 6.07) is 7.08. The number of hydrogen-bond donors (Lipinski definition) is 2. The maximum Gasteiger partial charge on any atom is 0.192 e. The molecule has 132 valence electrons. The molecule has 0 aliphatic heterocycles. The van der Waals surface area contributed by atoms with Gasteiger partial charge in [-0.2, -0.15) is 0 Å². The van der Waals surface area contributed by atoms with E-state index in [2.05, 4.69) is 42.3 Å². The molecule has 2 N–H and O–H groups in total. The second-order valence-electron chi connectivity index (χ2n) is 6.41.